The zero-order valence-corrected chi connectivity index (χ0v) is 13.0. The fourth-order valence-electron chi connectivity index (χ4n) is 2.56. The number of carbonyl (C=O) groups excluding carboxylic acids is 1. The third-order valence-corrected chi connectivity index (χ3v) is 4.32. The van der Waals surface area contributed by atoms with E-state index in [-0.39, 0.29) is 27.2 Å². The maximum atomic E-state index is 12.5. The molecule has 1 saturated heterocycles. The molecule has 1 amide bonds. The zero-order chi connectivity index (χ0) is 15.6. The average Bonchev–Trinajstić information content (AvgIpc) is 2.91. The highest BCUT2D eigenvalue weighted by Gasteiger charge is 2.39. The molecule has 1 fully saturated rings. The standard InChI is InChI=1S/C14H16Cl2N2O3/c1-2-14(4-3-5-17-14)13(21)18-11-9(12(19)20)6-8(15)7-10(11)16/h6-7,17H,2-5H2,1H3,(H,18,21)(H,19,20). The van der Waals surface area contributed by atoms with Crippen molar-refractivity contribution in [3.05, 3.63) is 27.7 Å². The topological polar surface area (TPSA) is 78.4 Å². The van der Waals surface area contributed by atoms with Crippen molar-refractivity contribution in [3.8, 4) is 0 Å². The molecule has 1 atom stereocenters. The second kappa shape index (κ2) is 6.22. The Hall–Kier alpha value is -1.30. The molecule has 21 heavy (non-hydrogen) atoms. The summed E-state index contributed by atoms with van der Waals surface area (Å²) < 4.78 is 0. The first-order chi connectivity index (χ1) is 9.89. The van der Waals surface area contributed by atoms with Crippen molar-refractivity contribution >= 4 is 40.8 Å². The summed E-state index contributed by atoms with van der Waals surface area (Å²) >= 11 is 11.8. The molecular weight excluding hydrogens is 315 g/mol. The zero-order valence-electron chi connectivity index (χ0n) is 11.5. The van der Waals surface area contributed by atoms with E-state index < -0.39 is 11.5 Å². The van der Waals surface area contributed by atoms with Crippen LogP contribution in [0.25, 0.3) is 0 Å². The predicted molar refractivity (Wildman–Crippen MR) is 82.3 cm³/mol. The Morgan fingerprint density at radius 1 is 1.43 bits per heavy atom. The number of benzene rings is 1. The molecule has 114 valence electrons. The van der Waals surface area contributed by atoms with Crippen molar-refractivity contribution in [2.45, 2.75) is 31.7 Å². The summed E-state index contributed by atoms with van der Waals surface area (Å²) in [6, 6.07) is 2.68. The van der Waals surface area contributed by atoms with E-state index in [0.29, 0.717) is 12.8 Å². The van der Waals surface area contributed by atoms with Crippen LogP contribution in [0.5, 0.6) is 0 Å². The van der Waals surface area contributed by atoms with Crippen LogP contribution in [-0.2, 0) is 4.79 Å². The predicted octanol–water partition coefficient (Wildman–Crippen LogP) is 3.16. The molecule has 2 rings (SSSR count). The van der Waals surface area contributed by atoms with Gasteiger partial charge in [-0.2, -0.15) is 0 Å². The van der Waals surface area contributed by atoms with Crippen LogP contribution < -0.4 is 10.6 Å². The summed E-state index contributed by atoms with van der Waals surface area (Å²) in [6.45, 7) is 2.68. The van der Waals surface area contributed by atoms with Gasteiger partial charge in [0.25, 0.3) is 0 Å². The number of hydrogen-bond acceptors (Lipinski definition) is 3. The lowest BCUT2D eigenvalue weighted by Gasteiger charge is -2.27. The van der Waals surface area contributed by atoms with Crippen molar-refractivity contribution in [1.29, 1.82) is 0 Å². The molecule has 0 aliphatic carbocycles. The molecular formula is C14H16Cl2N2O3. The van der Waals surface area contributed by atoms with Gasteiger partial charge in [-0.15, -0.1) is 0 Å². The van der Waals surface area contributed by atoms with Crippen molar-refractivity contribution < 1.29 is 14.7 Å². The van der Waals surface area contributed by atoms with Gasteiger partial charge in [0.15, 0.2) is 0 Å². The van der Waals surface area contributed by atoms with Gasteiger partial charge in [0.1, 0.15) is 0 Å². The highest BCUT2D eigenvalue weighted by Crippen LogP contribution is 2.32. The van der Waals surface area contributed by atoms with Gasteiger partial charge in [-0.3, -0.25) is 4.79 Å². The second-order valence-corrected chi connectivity index (χ2v) is 5.88. The van der Waals surface area contributed by atoms with E-state index >= 15 is 0 Å². The molecule has 0 saturated carbocycles. The summed E-state index contributed by atoms with van der Waals surface area (Å²) in [7, 11) is 0. The number of aromatic carboxylic acids is 1. The Morgan fingerprint density at radius 2 is 2.14 bits per heavy atom. The quantitative estimate of drug-likeness (QED) is 0.792. The fraction of sp³-hybridized carbons (Fsp3) is 0.429. The van der Waals surface area contributed by atoms with E-state index in [0.717, 1.165) is 13.0 Å². The maximum Gasteiger partial charge on any atom is 0.337 e. The van der Waals surface area contributed by atoms with Crippen LogP contribution in [0, 0.1) is 0 Å². The smallest absolute Gasteiger partial charge is 0.337 e. The highest BCUT2D eigenvalue weighted by molar-refractivity contribution is 6.37. The van der Waals surface area contributed by atoms with Gasteiger partial charge >= 0.3 is 5.97 Å². The van der Waals surface area contributed by atoms with Gasteiger partial charge in [-0.1, -0.05) is 30.1 Å². The number of halogens is 2. The largest absolute Gasteiger partial charge is 0.478 e. The molecule has 0 radical (unpaired) electrons. The second-order valence-electron chi connectivity index (χ2n) is 5.04. The minimum atomic E-state index is -1.19. The van der Waals surface area contributed by atoms with E-state index in [1.807, 2.05) is 6.92 Å². The van der Waals surface area contributed by atoms with Gasteiger partial charge in [-0.25, -0.2) is 4.79 Å². The Labute approximate surface area is 132 Å². The van der Waals surface area contributed by atoms with Crippen LogP contribution in [0.3, 0.4) is 0 Å². The molecule has 0 bridgehead atoms. The Bertz CT molecular complexity index is 584. The minimum absolute atomic E-state index is 0.0834. The first kappa shape index (κ1) is 16.1. The lowest BCUT2D eigenvalue weighted by Crippen LogP contribution is -2.50. The Kier molecular flexibility index (Phi) is 4.76. The number of carboxylic acids is 1. The summed E-state index contributed by atoms with van der Waals surface area (Å²) in [5, 5.41) is 15.4. The van der Waals surface area contributed by atoms with Crippen LogP contribution in [0.15, 0.2) is 12.1 Å². The maximum absolute atomic E-state index is 12.5. The third kappa shape index (κ3) is 3.15. The number of carbonyl (C=O) groups is 2. The molecule has 1 aliphatic heterocycles. The Balaban J connectivity index is 2.35. The van der Waals surface area contributed by atoms with E-state index in [2.05, 4.69) is 10.6 Å². The minimum Gasteiger partial charge on any atom is -0.478 e. The summed E-state index contributed by atoms with van der Waals surface area (Å²) in [5.41, 5.74) is -0.705. The number of carboxylic acid groups (broad SMARTS) is 1. The number of hydrogen-bond donors (Lipinski definition) is 3. The molecule has 1 aromatic carbocycles. The van der Waals surface area contributed by atoms with Crippen LogP contribution in [0.1, 0.15) is 36.5 Å². The van der Waals surface area contributed by atoms with E-state index in [4.69, 9.17) is 23.2 Å². The van der Waals surface area contributed by atoms with Crippen molar-refractivity contribution in [3.63, 3.8) is 0 Å². The molecule has 1 heterocycles. The monoisotopic (exact) mass is 330 g/mol. The first-order valence-electron chi connectivity index (χ1n) is 6.68. The first-order valence-corrected chi connectivity index (χ1v) is 7.44. The van der Waals surface area contributed by atoms with Gasteiger partial charge in [-0.05, 0) is 37.9 Å². The molecule has 0 aromatic heterocycles. The Morgan fingerprint density at radius 3 is 2.67 bits per heavy atom. The third-order valence-electron chi connectivity index (χ3n) is 3.81. The van der Waals surface area contributed by atoms with Crippen molar-refractivity contribution in [2.75, 3.05) is 11.9 Å². The molecule has 1 aromatic rings. The van der Waals surface area contributed by atoms with Gasteiger partial charge in [0.2, 0.25) is 5.91 Å². The molecule has 0 spiro atoms. The van der Waals surface area contributed by atoms with Crippen LogP contribution in [-0.4, -0.2) is 29.1 Å². The van der Waals surface area contributed by atoms with Gasteiger partial charge in [0.05, 0.1) is 21.8 Å². The number of amides is 1. The molecule has 1 unspecified atom stereocenters. The fourth-order valence-corrected chi connectivity index (χ4v) is 3.11. The SMILES string of the molecule is CCC1(C(=O)Nc2c(Cl)cc(Cl)cc2C(=O)O)CCCN1. The lowest BCUT2D eigenvalue weighted by atomic mass is 9.93. The lowest BCUT2D eigenvalue weighted by molar-refractivity contribution is -0.122. The van der Waals surface area contributed by atoms with E-state index in [1.165, 1.54) is 12.1 Å². The van der Waals surface area contributed by atoms with Crippen molar-refractivity contribution in [1.82, 2.24) is 5.32 Å². The van der Waals surface area contributed by atoms with E-state index in [9.17, 15) is 14.7 Å². The van der Waals surface area contributed by atoms with Crippen LogP contribution in [0.4, 0.5) is 5.69 Å². The normalized spacial score (nSPS) is 21.3. The van der Waals surface area contributed by atoms with Gasteiger partial charge in [0, 0.05) is 5.02 Å². The average molecular weight is 331 g/mol. The van der Waals surface area contributed by atoms with Gasteiger partial charge < -0.3 is 15.7 Å². The molecule has 1 aliphatic rings. The number of anilines is 1. The summed E-state index contributed by atoms with van der Waals surface area (Å²) in [4.78, 5) is 23.8. The molecule has 3 N–H and O–H groups in total. The summed E-state index contributed by atoms with van der Waals surface area (Å²) in [5.74, 6) is -1.46. The molecule has 7 heteroatoms. The van der Waals surface area contributed by atoms with Crippen molar-refractivity contribution in [2.24, 2.45) is 0 Å². The highest BCUT2D eigenvalue weighted by atomic mass is 35.5. The molecule has 5 nitrogen and oxygen atoms in total. The van der Waals surface area contributed by atoms with Crippen LogP contribution in [0.2, 0.25) is 10.0 Å². The summed E-state index contributed by atoms with van der Waals surface area (Å²) in [6.07, 6.45) is 2.23. The van der Waals surface area contributed by atoms with Crippen LogP contribution >= 0.6 is 23.2 Å². The number of rotatable bonds is 4. The number of nitrogens with one attached hydrogen (secondary N) is 2. The van der Waals surface area contributed by atoms with E-state index in [1.54, 1.807) is 0 Å².